The van der Waals surface area contributed by atoms with E-state index in [9.17, 15) is 14.4 Å². The van der Waals surface area contributed by atoms with Crippen molar-refractivity contribution in [2.75, 3.05) is 19.7 Å². The number of carbonyl (C=O) groups is 2. The zero-order chi connectivity index (χ0) is 23.5. The minimum absolute atomic E-state index is 0.0412. The summed E-state index contributed by atoms with van der Waals surface area (Å²) in [5.41, 5.74) is 2.94. The molecule has 0 bridgehead atoms. The zero-order valence-corrected chi connectivity index (χ0v) is 19.9. The lowest BCUT2D eigenvalue weighted by Crippen LogP contribution is -2.45. The molecule has 1 fully saturated rings. The number of nitrogens with zero attached hydrogens (tertiary/aromatic N) is 1. The van der Waals surface area contributed by atoms with E-state index in [0.717, 1.165) is 54.2 Å². The molecule has 7 heteroatoms. The number of aryl methyl sites for hydroxylation is 2. The van der Waals surface area contributed by atoms with E-state index in [1.165, 1.54) is 0 Å². The van der Waals surface area contributed by atoms with Gasteiger partial charge in [0.1, 0.15) is 11.3 Å². The number of hydrogen-bond donors (Lipinski definition) is 1. The van der Waals surface area contributed by atoms with Crippen molar-refractivity contribution in [1.29, 1.82) is 0 Å². The molecule has 2 amide bonds. The van der Waals surface area contributed by atoms with Crippen LogP contribution in [-0.4, -0.2) is 42.5 Å². The number of ether oxygens (including phenoxy) is 1. The molecule has 0 saturated carbocycles. The summed E-state index contributed by atoms with van der Waals surface area (Å²) in [5, 5.41) is 4.01. The molecule has 2 heterocycles. The lowest BCUT2D eigenvalue weighted by molar-refractivity contribution is -0.137. The third-order valence-corrected chi connectivity index (χ3v) is 7.16. The SMILES string of the molecule is CC[C@H](C)NC(=O)C1CCN(C(=O)COc2ccc3c4c(c(=O)oc3c2C)CCCC4)CC1. The monoisotopic (exact) mass is 454 g/mol. The molecule has 1 saturated heterocycles. The van der Waals surface area contributed by atoms with Crippen LogP contribution in [0.25, 0.3) is 11.0 Å². The minimum atomic E-state index is -0.256. The molecule has 1 aromatic carbocycles. The average molecular weight is 455 g/mol. The lowest BCUT2D eigenvalue weighted by Gasteiger charge is -2.31. The maximum absolute atomic E-state index is 12.7. The summed E-state index contributed by atoms with van der Waals surface area (Å²) in [5.74, 6) is 0.503. The standard InChI is InChI=1S/C26H34N2O5/c1-4-16(2)27-25(30)18-11-13-28(14-12-18)23(29)15-32-22-10-9-20-19-7-5-6-8-21(19)26(31)33-24(20)17(22)3/h9-10,16,18H,4-8,11-15H2,1-3H3,(H,27,30)/t16-/m0/s1. The summed E-state index contributed by atoms with van der Waals surface area (Å²) in [6, 6.07) is 3.98. The molecule has 0 spiro atoms. The molecule has 2 aromatic rings. The molecule has 0 unspecified atom stereocenters. The fraction of sp³-hybridized carbons (Fsp3) is 0.577. The second kappa shape index (κ2) is 9.98. The first-order chi connectivity index (χ1) is 15.9. The Morgan fingerprint density at radius 1 is 1.18 bits per heavy atom. The third kappa shape index (κ3) is 4.92. The maximum atomic E-state index is 12.7. The molecule has 2 aliphatic rings. The normalized spacial score (nSPS) is 17.5. The van der Waals surface area contributed by atoms with Gasteiger partial charge in [-0.2, -0.15) is 0 Å². The van der Waals surface area contributed by atoms with Crippen molar-refractivity contribution in [1.82, 2.24) is 10.2 Å². The van der Waals surface area contributed by atoms with Gasteiger partial charge in [0.25, 0.3) is 5.91 Å². The van der Waals surface area contributed by atoms with Crippen LogP contribution in [-0.2, 0) is 22.4 Å². The van der Waals surface area contributed by atoms with Crippen molar-refractivity contribution < 1.29 is 18.7 Å². The van der Waals surface area contributed by atoms with Gasteiger partial charge in [0.2, 0.25) is 5.91 Å². The topological polar surface area (TPSA) is 88.9 Å². The first-order valence-electron chi connectivity index (χ1n) is 12.2. The Bertz CT molecular complexity index is 1100. The number of hydrogen-bond acceptors (Lipinski definition) is 5. The van der Waals surface area contributed by atoms with Crippen molar-refractivity contribution in [3.63, 3.8) is 0 Å². The number of piperidine rings is 1. The van der Waals surface area contributed by atoms with Gasteiger partial charge in [-0.25, -0.2) is 4.79 Å². The van der Waals surface area contributed by atoms with Crippen molar-refractivity contribution >= 4 is 22.8 Å². The zero-order valence-electron chi connectivity index (χ0n) is 19.9. The Hall–Kier alpha value is -2.83. The van der Waals surface area contributed by atoms with E-state index < -0.39 is 0 Å². The number of benzene rings is 1. The summed E-state index contributed by atoms with van der Waals surface area (Å²) < 4.78 is 11.5. The number of amides is 2. The fourth-order valence-corrected chi connectivity index (χ4v) is 4.87. The van der Waals surface area contributed by atoms with Gasteiger partial charge in [-0.15, -0.1) is 0 Å². The largest absolute Gasteiger partial charge is 0.483 e. The van der Waals surface area contributed by atoms with Gasteiger partial charge in [-0.05, 0) is 76.5 Å². The van der Waals surface area contributed by atoms with Gasteiger partial charge >= 0.3 is 5.63 Å². The molecule has 1 aliphatic carbocycles. The first kappa shape index (κ1) is 23.3. The van der Waals surface area contributed by atoms with Crippen LogP contribution >= 0.6 is 0 Å². The Kier molecular flexibility index (Phi) is 7.05. The molecule has 4 rings (SSSR count). The van der Waals surface area contributed by atoms with Crippen LogP contribution in [0.15, 0.2) is 21.3 Å². The molecule has 178 valence electrons. The molecule has 33 heavy (non-hydrogen) atoms. The summed E-state index contributed by atoms with van der Waals surface area (Å²) in [4.78, 5) is 39.3. The number of nitrogens with one attached hydrogen (secondary N) is 1. The number of carbonyl (C=O) groups excluding carboxylic acids is 2. The molecular formula is C26H34N2O5. The van der Waals surface area contributed by atoms with Gasteiger partial charge < -0.3 is 19.4 Å². The average Bonchev–Trinajstić information content (AvgIpc) is 2.84. The molecule has 7 nitrogen and oxygen atoms in total. The van der Waals surface area contributed by atoms with Gasteiger partial charge in [-0.1, -0.05) is 6.92 Å². The van der Waals surface area contributed by atoms with Crippen LogP contribution in [0, 0.1) is 12.8 Å². The Balaban J connectivity index is 1.38. The highest BCUT2D eigenvalue weighted by atomic mass is 16.5. The van der Waals surface area contributed by atoms with Crippen LogP contribution in [0.2, 0.25) is 0 Å². The minimum Gasteiger partial charge on any atom is -0.483 e. The molecule has 1 aliphatic heterocycles. The maximum Gasteiger partial charge on any atom is 0.339 e. The molecule has 1 N–H and O–H groups in total. The van der Waals surface area contributed by atoms with E-state index >= 15 is 0 Å². The summed E-state index contributed by atoms with van der Waals surface area (Å²) in [6.07, 6.45) is 5.99. The lowest BCUT2D eigenvalue weighted by atomic mass is 9.90. The van der Waals surface area contributed by atoms with Crippen molar-refractivity contribution in [3.8, 4) is 5.75 Å². The second-order valence-electron chi connectivity index (χ2n) is 9.38. The van der Waals surface area contributed by atoms with E-state index in [4.69, 9.17) is 9.15 Å². The van der Waals surface area contributed by atoms with Gasteiger partial charge in [-0.3, -0.25) is 9.59 Å². The Morgan fingerprint density at radius 3 is 2.58 bits per heavy atom. The number of rotatable bonds is 6. The van der Waals surface area contributed by atoms with Crippen molar-refractivity contribution in [2.45, 2.75) is 71.8 Å². The van der Waals surface area contributed by atoms with E-state index in [1.807, 2.05) is 32.9 Å². The third-order valence-electron chi connectivity index (χ3n) is 7.16. The molecule has 1 atom stereocenters. The first-order valence-corrected chi connectivity index (χ1v) is 12.2. The van der Waals surface area contributed by atoms with E-state index in [0.29, 0.717) is 37.3 Å². The fourth-order valence-electron chi connectivity index (χ4n) is 4.87. The predicted molar refractivity (Wildman–Crippen MR) is 127 cm³/mol. The number of fused-ring (bicyclic) bond motifs is 3. The highest BCUT2D eigenvalue weighted by Crippen LogP contribution is 2.32. The summed E-state index contributed by atoms with van der Waals surface area (Å²) in [7, 11) is 0. The molecule has 0 radical (unpaired) electrons. The van der Waals surface area contributed by atoms with Gasteiger partial charge in [0.15, 0.2) is 6.61 Å². The van der Waals surface area contributed by atoms with Crippen LogP contribution in [0.4, 0.5) is 0 Å². The molecule has 1 aromatic heterocycles. The van der Waals surface area contributed by atoms with E-state index in [1.54, 1.807) is 4.90 Å². The van der Waals surface area contributed by atoms with Gasteiger partial charge in [0.05, 0.1) is 0 Å². The summed E-state index contributed by atoms with van der Waals surface area (Å²) in [6.45, 7) is 6.94. The van der Waals surface area contributed by atoms with Crippen molar-refractivity contribution in [2.24, 2.45) is 5.92 Å². The quantitative estimate of drug-likeness (QED) is 0.675. The highest BCUT2D eigenvalue weighted by Gasteiger charge is 2.28. The van der Waals surface area contributed by atoms with Crippen molar-refractivity contribution in [3.05, 3.63) is 39.2 Å². The van der Waals surface area contributed by atoms with E-state index in [-0.39, 0.29) is 36.0 Å². The number of likely N-dealkylation sites (tertiary alicyclic amines) is 1. The predicted octanol–water partition coefficient (Wildman–Crippen LogP) is 3.51. The van der Waals surface area contributed by atoms with Gasteiger partial charge in [0, 0.05) is 41.6 Å². The molecular weight excluding hydrogens is 420 g/mol. The van der Waals surface area contributed by atoms with Crippen LogP contribution in [0.1, 0.15) is 62.6 Å². The highest BCUT2D eigenvalue weighted by molar-refractivity contribution is 5.86. The summed E-state index contributed by atoms with van der Waals surface area (Å²) >= 11 is 0. The smallest absolute Gasteiger partial charge is 0.339 e. The Labute approximate surface area is 194 Å². The van der Waals surface area contributed by atoms with Crippen LogP contribution < -0.4 is 15.7 Å². The van der Waals surface area contributed by atoms with Crippen LogP contribution in [0.5, 0.6) is 5.75 Å². The second-order valence-corrected chi connectivity index (χ2v) is 9.38. The van der Waals surface area contributed by atoms with Crippen LogP contribution in [0.3, 0.4) is 0 Å². The van der Waals surface area contributed by atoms with E-state index in [2.05, 4.69) is 5.32 Å². The Morgan fingerprint density at radius 2 is 1.88 bits per heavy atom.